The van der Waals surface area contributed by atoms with Crippen molar-refractivity contribution >= 4 is 22.8 Å². The molecule has 1 aromatic heterocycles. The number of rotatable bonds is 2. The van der Waals surface area contributed by atoms with Crippen LogP contribution in [0.3, 0.4) is 0 Å². The summed E-state index contributed by atoms with van der Waals surface area (Å²) in [6.07, 6.45) is 9.17. The van der Waals surface area contributed by atoms with Crippen LogP contribution in [0.4, 0.5) is 0 Å². The number of ether oxygens (including phenoxy) is 1. The molecule has 1 aliphatic heterocycles. The lowest BCUT2D eigenvalue weighted by Crippen LogP contribution is -2.18. The molecular weight excluding hydrogens is 312 g/mol. The first kappa shape index (κ1) is 16.5. The molecule has 1 unspecified atom stereocenters. The summed E-state index contributed by atoms with van der Waals surface area (Å²) >= 11 is 0. The minimum Gasteiger partial charge on any atom is -0.356 e. The van der Waals surface area contributed by atoms with E-state index in [9.17, 15) is 4.79 Å². The van der Waals surface area contributed by atoms with Crippen LogP contribution >= 0.6 is 0 Å². The lowest BCUT2D eigenvalue weighted by atomic mass is 9.90. The number of carbonyl (C=O) groups is 1. The number of ketones is 1. The van der Waals surface area contributed by atoms with E-state index in [-0.39, 0.29) is 17.4 Å². The van der Waals surface area contributed by atoms with Crippen LogP contribution in [-0.2, 0) is 9.53 Å². The molecule has 0 spiro atoms. The van der Waals surface area contributed by atoms with Crippen molar-refractivity contribution in [2.45, 2.75) is 59.1 Å². The summed E-state index contributed by atoms with van der Waals surface area (Å²) in [5.41, 5.74) is 4.12. The molecule has 2 fully saturated rings. The van der Waals surface area contributed by atoms with Crippen LogP contribution in [0.1, 0.15) is 63.3 Å². The smallest absolute Gasteiger partial charge is 0.164 e. The number of nitrogens with zero attached hydrogens (tertiary/aromatic N) is 2. The Kier molecular flexibility index (Phi) is 4.03. The van der Waals surface area contributed by atoms with Gasteiger partial charge in [0.15, 0.2) is 12.0 Å². The van der Waals surface area contributed by atoms with E-state index in [0.717, 1.165) is 54.3 Å². The largest absolute Gasteiger partial charge is 0.356 e. The monoisotopic (exact) mass is 338 g/mol. The maximum absolute atomic E-state index is 12.6. The molecule has 0 amide bonds. The van der Waals surface area contributed by atoms with Gasteiger partial charge in [0.05, 0.1) is 11.7 Å². The zero-order valence-corrected chi connectivity index (χ0v) is 15.3. The average molecular weight is 338 g/mol. The van der Waals surface area contributed by atoms with Crippen LogP contribution in [0.15, 0.2) is 23.9 Å². The first-order chi connectivity index (χ1) is 12.0. The number of hydrogen-bond donors (Lipinski definition) is 0. The Morgan fingerprint density at radius 1 is 1.32 bits per heavy atom. The zero-order chi connectivity index (χ0) is 17.6. The Hall–Kier alpha value is -1.94. The summed E-state index contributed by atoms with van der Waals surface area (Å²) in [6, 6.07) is 4.25. The highest BCUT2D eigenvalue weighted by molar-refractivity contribution is 6.06. The molecule has 2 aliphatic rings. The van der Waals surface area contributed by atoms with Crippen LogP contribution in [0.2, 0.25) is 0 Å². The second kappa shape index (κ2) is 6.10. The van der Waals surface area contributed by atoms with Crippen molar-refractivity contribution in [1.29, 1.82) is 0 Å². The van der Waals surface area contributed by atoms with Crippen molar-refractivity contribution in [3.63, 3.8) is 0 Å². The van der Waals surface area contributed by atoms with Gasteiger partial charge >= 0.3 is 0 Å². The minimum absolute atomic E-state index is 0.0292. The molecule has 0 N–H and O–H groups in total. The molecule has 4 nitrogen and oxygen atoms in total. The fraction of sp³-hybridized carbons (Fsp3) is 0.524. The quantitative estimate of drug-likeness (QED) is 0.738. The fourth-order valence-electron chi connectivity index (χ4n) is 4.01. The van der Waals surface area contributed by atoms with Gasteiger partial charge in [-0.25, -0.2) is 4.68 Å². The second-order valence-electron chi connectivity index (χ2n) is 8.02. The lowest BCUT2D eigenvalue weighted by molar-refractivity contribution is -0.121. The number of benzene rings is 1. The van der Waals surface area contributed by atoms with Crippen LogP contribution in [0.25, 0.3) is 17.0 Å². The normalized spacial score (nSPS) is 25.2. The molecule has 2 aromatic rings. The van der Waals surface area contributed by atoms with Gasteiger partial charge in [-0.3, -0.25) is 4.79 Å². The third kappa shape index (κ3) is 2.82. The molecule has 1 aliphatic carbocycles. The Labute approximate surface area is 148 Å². The van der Waals surface area contributed by atoms with Gasteiger partial charge in [0.2, 0.25) is 0 Å². The third-order valence-electron chi connectivity index (χ3n) is 5.71. The molecule has 2 heterocycles. The highest BCUT2D eigenvalue weighted by atomic mass is 16.5. The van der Waals surface area contributed by atoms with Crippen molar-refractivity contribution in [3.8, 4) is 0 Å². The molecule has 1 saturated carbocycles. The number of hydrogen-bond acceptors (Lipinski definition) is 3. The van der Waals surface area contributed by atoms with Crippen molar-refractivity contribution in [2.24, 2.45) is 5.41 Å². The molecule has 1 atom stereocenters. The van der Waals surface area contributed by atoms with Gasteiger partial charge in [-0.05, 0) is 67.9 Å². The molecule has 1 aromatic carbocycles. The predicted octanol–water partition coefficient (Wildman–Crippen LogP) is 4.82. The predicted molar refractivity (Wildman–Crippen MR) is 99.3 cm³/mol. The van der Waals surface area contributed by atoms with Gasteiger partial charge in [-0.15, -0.1) is 0 Å². The highest BCUT2D eigenvalue weighted by Crippen LogP contribution is 2.39. The molecule has 0 radical (unpaired) electrons. The van der Waals surface area contributed by atoms with Gasteiger partial charge in [0.25, 0.3) is 0 Å². The summed E-state index contributed by atoms with van der Waals surface area (Å²) in [5.74, 6) is 0.284. The van der Waals surface area contributed by atoms with Crippen LogP contribution in [-0.4, -0.2) is 22.2 Å². The molecular formula is C21H26N2O2. The van der Waals surface area contributed by atoms with E-state index < -0.39 is 0 Å². The topological polar surface area (TPSA) is 44.1 Å². The summed E-state index contributed by atoms with van der Waals surface area (Å²) in [6.45, 7) is 6.99. The highest BCUT2D eigenvalue weighted by Gasteiger charge is 2.36. The van der Waals surface area contributed by atoms with Crippen molar-refractivity contribution in [3.05, 3.63) is 35.0 Å². The summed E-state index contributed by atoms with van der Waals surface area (Å²) in [5, 5.41) is 5.73. The van der Waals surface area contributed by atoms with E-state index in [1.54, 1.807) is 0 Å². The van der Waals surface area contributed by atoms with Gasteiger partial charge < -0.3 is 4.74 Å². The van der Waals surface area contributed by atoms with Crippen molar-refractivity contribution < 1.29 is 9.53 Å². The van der Waals surface area contributed by atoms with E-state index in [0.29, 0.717) is 0 Å². The first-order valence-electron chi connectivity index (χ1n) is 9.31. The standard InChI is InChI=1S/C21H26N2O2/c1-14-7-8-18-17(13-22-23(18)19-6-4-5-11-25-19)16(14)12-15-9-10-21(2,3)20(15)24/h7-8,12-13,19H,4-6,9-11H2,1-3H3/b15-12+. The first-order valence-corrected chi connectivity index (χ1v) is 9.31. The Morgan fingerprint density at radius 2 is 2.16 bits per heavy atom. The van der Waals surface area contributed by atoms with Gasteiger partial charge in [0, 0.05) is 17.4 Å². The van der Waals surface area contributed by atoms with Crippen molar-refractivity contribution in [1.82, 2.24) is 9.78 Å². The number of carbonyl (C=O) groups excluding carboxylic acids is 1. The average Bonchev–Trinajstić information content (AvgIpc) is 3.14. The fourth-order valence-corrected chi connectivity index (χ4v) is 4.01. The van der Waals surface area contributed by atoms with E-state index in [2.05, 4.69) is 30.2 Å². The number of fused-ring (bicyclic) bond motifs is 1. The summed E-state index contributed by atoms with van der Waals surface area (Å²) in [7, 11) is 0. The van der Waals surface area contributed by atoms with E-state index in [4.69, 9.17) is 4.74 Å². The van der Waals surface area contributed by atoms with Crippen molar-refractivity contribution in [2.75, 3.05) is 6.61 Å². The Bertz CT molecular complexity index is 854. The van der Waals surface area contributed by atoms with Gasteiger partial charge in [0.1, 0.15) is 0 Å². The molecule has 4 heteroatoms. The number of allylic oxidation sites excluding steroid dienone is 1. The number of Topliss-reactive ketones (excluding diaryl/α,β-unsaturated/α-hetero) is 1. The number of aryl methyl sites for hydroxylation is 1. The van der Waals surface area contributed by atoms with Crippen LogP contribution in [0, 0.1) is 12.3 Å². The maximum Gasteiger partial charge on any atom is 0.164 e. The molecule has 132 valence electrons. The Morgan fingerprint density at radius 3 is 2.84 bits per heavy atom. The Balaban J connectivity index is 1.78. The molecule has 4 rings (SSSR count). The maximum atomic E-state index is 12.6. The molecule has 1 saturated heterocycles. The van der Waals surface area contributed by atoms with E-state index in [1.165, 1.54) is 12.0 Å². The SMILES string of the molecule is Cc1ccc2c(cnn2C2CCCCO2)c1/C=C1\CCC(C)(C)C1=O. The summed E-state index contributed by atoms with van der Waals surface area (Å²) in [4.78, 5) is 12.6. The van der Waals surface area contributed by atoms with Crippen LogP contribution in [0.5, 0.6) is 0 Å². The lowest BCUT2D eigenvalue weighted by Gasteiger charge is -2.23. The van der Waals surface area contributed by atoms with E-state index >= 15 is 0 Å². The van der Waals surface area contributed by atoms with E-state index in [1.807, 2.05) is 24.7 Å². The summed E-state index contributed by atoms with van der Waals surface area (Å²) < 4.78 is 7.92. The second-order valence-corrected chi connectivity index (χ2v) is 8.02. The van der Waals surface area contributed by atoms with Crippen LogP contribution < -0.4 is 0 Å². The molecule has 25 heavy (non-hydrogen) atoms. The van der Waals surface area contributed by atoms with Gasteiger partial charge in [-0.1, -0.05) is 19.9 Å². The third-order valence-corrected chi connectivity index (χ3v) is 5.71. The molecule has 0 bridgehead atoms. The minimum atomic E-state index is -0.228. The zero-order valence-electron chi connectivity index (χ0n) is 15.3. The van der Waals surface area contributed by atoms with Gasteiger partial charge in [-0.2, -0.15) is 5.10 Å². The number of aromatic nitrogens is 2.